The minimum Gasteiger partial charge on any atom is -0.347 e. The van der Waals surface area contributed by atoms with Crippen molar-refractivity contribution in [3.05, 3.63) is 0 Å². The minimum absolute atomic E-state index is 0.0296. The number of hydrogen-bond acceptors (Lipinski definition) is 7. The van der Waals surface area contributed by atoms with Crippen LogP contribution in [0.15, 0.2) is 0 Å². The second-order valence-corrected chi connectivity index (χ2v) is 14.5. The van der Waals surface area contributed by atoms with E-state index in [2.05, 4.69) is 26.0 Å². The van der Waals surface area contributed by atoms with E-state index in [-0.39, 0.29) is 30.2 Å². The molecule has 0 bridgehead atoms. The summed E-state index contributed by atoms with van der Waals surface area (Å²) in [6, 6.07) is -2.23. The predicted octanol–water partition coefficient (Wildman–Crippen LogP) is 0.832. The summed E-state index contributed by atoms with van der Waals surface area (Å²) in [5.74, 6) is -2.65. The molecule has 3 saturated carbocycles. The topological polar surface area (TPSA) is 183 Å². The van der Waals surface area contributed by atoms with Gasteiger partial charge in [0.2, 0.25) is 27.6 Å². The van der Waals surface area contributed by atoms with E-state index in [4.69, 9.17) is 0 Å². The van der Waals surface area contributed by atoms with Gasteiger partial charge >= 0.3 is 6.03 Å². The molecule has 1 saturated heterocycles. The zero-order valence-corrected chi connectivity index (χ0v) is 26.1. The molecule has 0 aromatic heterocycles. The molecule has 4 rings (SSSR count). The molecule has 5 amide bonds. The number of nitrogens with zero attached hydrogens (tertiary/aromatic N) is 1. The monoisotopic (exact) mass is 624 g/mol. The molecule has 0 unspecified atom stereocenters. The molecule has 0 aromatic carbocycles. The highest BCUT2D eigenvalue weighted by Crippen LogP contribution is 2.31. The van der Waals surface area contributed by atoms with Crippen molar-refractivity contribution in [2.24, 2.45) is 5.92 Å². The van der Waals surface area contributed by atoms with Crippen molar-refractivity contribution < 1.29 is 32.4 Å². The molecule has 43 heavy (non-hydrogen) atoms. The largest absolute Gasteiger partial charge is 0.347 e. The van der Waals surface area contributed by atoms with Gasteiger partial charge in [-0.15, -0.1) is 0 Å². The van der Waals surface area contributed by atoms with Crippen LogP contribution in [0.1, 0.15) is 96.8 Å². The zero-order chi connectivity index (χ0) is 31.0. The molecule has 1 aliphatic heterocycles. The van der Waals surface area contributed by atoms with Crippen molar-refractivity contribution in [3.63, 3.8) is 0 Å². The normalized spacial score (nSPS) is 23.2. The number of urea groups is 1. The van der Waals surface area contributed by atoms with Crippen molar-refractivity contribution in [1.82, 2.24) is 30.9 Å². The molecule has 0 spiro atoms. The fourth-order valence-electron chi connectivity index (χ4n) is 6.78. The zero-order valence-electron chi connectivity index (χ0n) is 25.3. The van der Waals surface area contributed by atoms with E-state index in [1.54, 1.807) is 6.92 Å². The maximum atomic E-state index is 14.0. The van der Waals surface area contributed by atoms with Gasteiger partial charge in [-0.1, -0.05) is 45.4 Å². The first kappa shape index (κ1) is 33.2. The van der Waals surface area contributed by atoms with Crippen LogP contribution in [0.25, 0.3) is 0 Å². The summed E-state index contributed by atoms with van der Waals surface area (Å²) < 4.78 is 27.9. The van der Waals surface area contributed by atoms with E-state index in [9.17, 15) is 32.4 Å². The first-order valence-corrected chi connectivity index (χ1v) is 17.7. The Morgan fingerprint density at radius 1 is 0.884 bits per heavy atom. The van der Waals surface area contributed by atoms with Crippen LogP contribution in [0.5, 0.6) is 0 Å². The number of nitrogens with one attached hydrogen (secondary N) is 5. The summed E-state index contributed by atoms with van der Waals surface area (Å²) in [6.07, 6.45) is 10.7. The molecule has 2 atom stereocenters. The highest BCUT2D eigenvalue weighted by atomic mass is 32.2. The second kappa shape index (κ2) is 14.8. The van der Waals surface area contributed by atoms with Crippen molar-refractivity contribution in [3.8, 4) is 0 Å². The first-order chi connectivity index (χ1) is 20.5. The number of carbonyl (C=O) groups excluding carboxylic acids is 5. The molecule has 5 N–H and O–H groups in total. The highest BCUT2D eigenvalue weighted by molar-refractivity contribution is 7.89. The first-order valence-electron chi connectivity index (χ1n) is 16.0. The number of ketones is 1. The van der Waals surface area contributed by atoms with Crippen LogP contribution >= 0.6 is 0 Å². The van der Waals surface area contributed by atoms with E-state index in [0.29, 0.717) is 32.2 Å². The summed E-state index contributed by atoms with van der Waals surface area (Å²) >= 11 is 0. The van der Waals surface area contributed by atoms with Crippen molar-refractivity contribution in [2.75, 3.05) is 25.4 Å². The molecular weight excluding hydrogens is 576 g/mol. The van der Waals surface area contributed by atoms with E-state index >= 15 is 0 Å². The quantitative estimate of drug-likeness (QED) is 0.188. The molecule has 3 aliphatic carbocycles. The second-order valence-electron chi connectivity index (χ2n) is 12.7. The molecule has 1 heterocycles. The van der Waals surface area contributed by atoms with Crippen LogP contribution in [0, 0.1) is 5.92 Å². The summed E-state index contributed by atoms with van der Waals surface area (Å²) in [5, 5.41) is 11.0. The van der Waals surface area contributed by atoms with Gasteiger partial charge in [-0.25, -0.2) is 17.9 Å². The van der Waals surface area contributed by atoms with E-state index in [1.165, 1.54) is 4.90 Å². The van der Waals surface area contributed by atoms with Gasteiger partial charge in [0, 0.05) is 19.1 Å². The van der Waals surface area contributed by atoms with Gasteiger partial charge in [0.05, 0.1) is 17.8 Å². The Kier molecular flexibility index (Phi) is 11.4. The van der Waals surface area contributed by atoms with Crippen LogP contribution in [-0.4, -0.2) is 91.9 Å². The molecule has 14 heteroatoms. The third-order valence-corrected chi connectivity index (χ3v) is 10.8. The molecule has 0 radical (unpaired) electrons. The fourth-order valence-corrected chi connectivity index (χ4v) is 8.41. The van der Waals surface area contributed by atoms with Crippen LogP contribution < -0.4 is 26.0 Å². The van der Waals surface area contributed by atoms with Gasteiger partial charge in [-0.3, -0.25) is 19.2 Å². The maximum Gasteiger partial charge on any atom is 0.315 e. The van der Waals surface area contributed by atoms with Gasteiger partial charge < -0.3 is 26.2 Å². The lowest BCUT2D eigenvalue weighted by Crippen LogP contribution is -2.62. The van der Waals surface area contributed by atoms with E-state index < -0.39 is 57.8 Å². The minimum atomic E-state index is -3.61. The average molecular weight is 625 g/mol. The smallest absolute Gasteiger partial charge is 0.315 e. The highest BCUT2D eigenvalue weighted by Gasteiger charge is 2.43. The standard InChI is InChI=1S/C29H48N6O7S/c1-2-31-43(41,42)19-29(15-7-4-8-16-29)34-28(40)33-24(20-10-5-3-6-11-20)27(39)35-17-9-12-22(35)25(37)30-18-23(36)26(38)32-21-13-14-21/h20-22,24,31H,2-19H2,1H3,(H,30,37)(H,32,38)(H2,33,34,40)/t22-,24-/m0/s1. The van der Waals surface area contributed by atoms with Gasteiger partial charge in [-0.2, -0.15) is 0 Å². The number of sulfonamides is 1. The number of amides is 5. The summed E-state index contributed by atoms with van der Waals surface area (Å²) in [7, 11) is -3.61. The van der Waals surface area contributed by atoms with Crippen LogP contribution in [0.3, 0.4) is 0 Å². The lowest BCUT2D eigenvalue weighted by Gasteiger charge is -2.39. The lowest BCUT2D eigenvalue weighted by molar-refractivity contribution is -0.142. The summed E-state index contributed by atoms with van der Waals surface area (Å²) in [6.45, 7) is 1.86. The Balaban J connectivity index is 1.43. The number of Topliss-reactive ketones (excluding diaryl/α,β-unsaturated/α-hetero) is 1. The van der Waals surface area contributed by atoms with Crippen molar-refractivity contribution in [1.29, 1.82) is 0 Å². The third-order valence-electron chi connectivity index (χ3n) is 9.12. The average Bonchev–Trinajstić information content (AvgIpc) is 3.65. The van der Waals surface area contributed by atoms with Crippen molar-refractivity contribution in [2.45, 2.75) is 120 Å². The number of likely N-dealkylation sites (tertiary alicyclic amines) is 1. The number of hydrogen-bond donors (Lipinski definition) is 5. The van der Waals surface area contributed by atoms with Crippen LogP contribution in [0.4, 0.5) is 4.79 Å². The van der Waals surface area contributed by atoms with Crippen LogP contribution in [0.2, 0.25) is 0 Å². The van der Waals surface area contributed by atoms with Gasteiger partial charge in [-0.05, 0) is 57.3 Å². The summed E-state index contributed by atoms with van der Waals surface area (Å²) in [5.41, 5.74) is -0.933. The Bertz CT molecular complexity index is 1150. The van der Waals surface area contributed by atoms with Gasteiger partial charge in [0.25, 0.3) is 5.91 Å². The van der Waals surface area contributed by atoms with Gasteiger partial charge in [0.1, 0.15) is 12.1 Å². The Morgan fingerprint density at radius 2 is 1.56 bits per heavy atom. The van der Waals surface area contributed by atoms with Crippen molar-refractivity contribution >= 4 is 39.6 Å². The Labute approximate surface area is 254 Å². The fraction of sp³-hybridized carbons (Fsp3) is 0.828. The molecule has 4 aliphatic rings. The third kappa shape index (κ3) is 9.37. The van der Waals surface area contributed by atoms with E-state index in [1.807, 2.05) is 0 Å². The molecular formula is C29H48N6O7S. The Hall–Kier alpha value is -2.74. The summed E-state index contributed by atoms with van der Waals surface area (Å²) in [4.78, 5) is 66.3. The lowest BCUT2D eigenvalue weighted by atomic mass is 9.82. The number of rotatable bonds is 13. The molecule has 242 valence electrons. The van der Waals surface area contributed by atoms with E-state index in [0.717, 1.165) is 64.2 Å². The molecule has 4 fully saturated rings. The maximum absolute atomic E-state index is 14.0. The van der Waals surface area contributed by atoms with Gasteiger partial charge in [0.15, 0.2) is 0 Å². The molecule has 13 nitrogen and oxygen atoms in total. The molecule has 0 aromatic rings. The SMILES string of the molecule is CCNS(=O)(=O)CC1(NC(=O)N[C@H](C(=O)N2CCC[C@H]2C(=O)NCC(=O)C(=O)NC2CC2)C2CCCCC2)CCCCC1. The van der Waals surface area contributed by atoms with Crippen LogP contribution in [-0.2, 0) is 29.2 Å². The predicted molar refractivity (Wildman–Crippen MR) is 159 cm³/mol. The Morgan fingerprint density at radius 3 is 2.21 bits per heavy atom. The number of carbonyl (C=O) groups is 5.